The SMILES string of the molecule is CCN(c1nc(N)c(C(=O)NC=NN)nc1Cl)C(C)C. The number of hydrogen-bond acceptors (Lipinski definition) is 7. The normalized spacial score (nSPS) is 11.1. The molecule has 0 bridgehead atoms. The fraction of sp³-hybridized carbons (Fsp3) is 0.455. The first-order valence-electron chi connectivity index (χ1n) is 6.04. The van der Waals surface area contributed by atoms with E-state index in [9.17, 15) is 4.79 Å². The van der Waals surface area contributed by atoms with Crippen molar-refractivity contribution in [1.29, 1.82) is 0 Å². The minimum absolute atomic E-state index is 0.00794. The number of rotatable bonds is 5. The predicted molar refractivity (Wildman–Crippen MR) is 79.8 cm³/mol. The van der Waals surface area contributed by atoms with Crippen molar-refractivity contribution in [3.8, 4) is 0 Å². The largest absolute Gasteiger partial charge is 0.382 e. The number of nitrogen functional groups attached to an aromatic ring is 1. The third-order valence-corrected chi connectivity index (χ3v) is 2.84. The zero-order valence-corrected chi connectivity index (χ0v) is 12.3. The number of hydrogen-bond donors (Lipinski definition) is 3. The molecular weight excluding hydrogens is 282 g/mol. The molecular formula is C11H18ClN7O. The van der Waals surface area contributed by atoms with E-state index in [1.165, 1.54) is 0 Å². The number of nitrogens with two attached hydrogens (primary N) is 2. The van der Waals surface area contributed by atoms with E-state index in [2.05, 4.69) is 20.4 Å². The van der Waals surface area contributed by atoms with Gasteiger partial charge in [-0.15, -0.1) is 0 Å². The maximum atomic E-state index is 11.7. The molecule has 0 aliphatic rings. The Kier molecular flexibility index (Phi) is 5.51. The number of nitrogens with one attached hydrogen (secondary N) is 1. The Morgan fingerprint density at radius 3 is 2.70 bits per heavy atom. The van der Waals surface area contributed by atoms with Gasteiger partial charge in [-0.25, -0.2) is 9.97 Å². The zero-order chi connectivity index (χ0) is 15.3. The van der Waals surface area contributed by atoms with Crippen molar-refractivity contribution in [1.82, 2.24) is 15.3 Å². The molecule has 0 aromatic carbocycles. The Labute approximate surface area is 122 Å². The second kappa shape index (κ2) is 6.90. The molecule has 5 N–H and O–H groups in total. The number of anilines is 2. The Morgan fingerprint density at radius 1 is 1.55 bits per heavy atom. The van der Waals surface area contributed by atoms with Crippen LogP contribution in [0.1, 0.15) is 31.3 Å². The highest BCUT2D eigenvalue weighted by atomic mass is 35.5. The van der Waals surface area contributed by atoms with Gasteiger partial charge in [0.05, 0.1) is 0 Å². The van der Waals surface area contributed by atoms with Crippen LogP contribution >= 0.6 is 11.6 Å². The van der Waals surface area contributed by atoms with Crippen molar-refractivity contribution in [2.24, 2.45) is 10.9 Å². The molecule has 0 unspecified atom stereocenters. The third-order valence-electron chi connectivity index (χ3n) is 2.58. The summed E-state index contributed by atoms with van der Waals surface area (Å²) >= 11 is 6.09. The number of nitrogens with zero attached hydrogens (tertiary/aromatic N) is 4. The lowest BCUT2D eigenvalue weighted by atomic mass is 10.3. The number of carbonyl (C=O) groups is 1. The van der Waals surface area contributed by atoms with Gasteiger partial charge in [-0.2, -0.15) is 5.10 Å². The molecule has 0 fully saturated rings. The van der Waals surface area contributed by atoms with Crippen LogP contribution in [0.3, 0.4) is 0 Å². The van der Waals surface area contributed by atoms with Crippen LogP contribution in [0.2, 0.25) is 5.15 Å². The van der Waals surface area contributed by atoms with E-state index >= 15 is 0 Å². The Bertz CT molecular complexity index is 518. The smallest absolute Gasteiger partial charge is 0.278 e. The first-order chi connectivity index (χ1) is 9.42. The topological polar surface area (TPSA) is 123 Å². The summed E-state index contributed by atoms with van der Waals surface area (Å²) in [5.41, 5.74) is 5.69. The Morgan fingerprint density at radius 2 is 2.20 bits per heavy atom. The molecule has 0 radical (unpaired) electrons. The van der Waals surface area contributed by atoms with E-state index in [0.29, 0.717) is 12.4 Å². The molecule has 1 rings (SSSR count). The molecule has 1 aromatic heterocycles. The average Bonchev–Trinajstić information content (AvgIpc) is 2.39. The minimum Gasteiger partial charge on any atom is -0.382 e. The van der Waals surface area contributed by atoms with E-state index < -0.39 is 5.91 Å². The highest BCUT2D eigenvalue weighted by molar-refractivity contribution is 6.32. The molecule has 8 nitrogen and oxygen atoms in total. The van der Waals surface area contributed by atoms with E-state index in [4.69, 9.17) is 23.2 Å². The maximum Gasteiger partial charge on any atom is 0.278 e. The van der Waals surface area contributed by atoms with Crippen LogP contribution in [-0.2, 0) is 0 Å². The molecule has 0 saturated carbocycles. The Hall–Kier alpha value is -2.09. The molecule has 20 heavy (non-hydrogen) atoms. The van der Waals surface area contributed by atoms with Crippen molar-refractivity contribution in [3.05, 3.63) is 10.8 Å². The maximum absolute atomic E-state index is 11.7. The molecule has 0 saturated heterocycles. The number of amides is 1. The van der Waals surface area contributed by atoms with Gasteiger partial charge in [-0.05, 0) is 20.8 Å². The lowest BCUT2D eigenvalue weighted by Gasteiger charge is -2.27. The summed E-state index contributed by atoms with van der Waals surface area (Å²) in [6.07, 6.45) is 1.03. The van der Waals surface area contributed by atoms with E-state index in [1.807, 2.05) is 25.7 Å². The summed E-state index contributed by atoms with van der Waals surface area (Å²) in [6, 6.07) is 0.176. The number of halogens is 1. The molecule has 110 valence electrons. The molecule has 1 amide bonds. The summed E-state index contributed by atoms with van der Waals surface area (Å²) < 4.78 is 0. The molecule has 1 aromatic rings. The quantitative estimate of drug-likeness (QED) is 0.316. The second-order valence-electron chi connectivity index (χ2n) is 4.20. The average molecular weight is 300 g/mol. The monoisotopic (exact) mass is 299 g/mol. The highest BCUT2D eigenvalue weighted by Crippen LogP contribution is 2.25. The van der Waals surface area contributed by atoms with Crippen molar-refractivity contribution < 1.29 is 4.79 Å². The molecule has 0 spiro atoms. The van der Waals surface area contributed by atoms with Gasteiger partial charge in [0, 0.05) is 12.6 Å². The van der Waals surface area contributed by atoms with Gasteiger partial charge in [-0.3, -0.25) is 4.79 Å². The third kappa shape index (κ3) is 3.47. The molecule has 0 aliphatic heterocycles. The van der Waals surface area contributed by atoms with E-state index in [0.717, 1.165) is 6.34 Å². The summed E-state index contributed by atoms with van der Waals surface area (Å²) in [4.78, 5) is 21.8. The summed E-state index contributed by atoms with van der Waals surface area (Å²) in [5.74, 6) is 4.76. The zero-order valence-electron chi connectivity index (χ0n) is 11.6. The lowest BCUT2D eigenvalue weighted by Crippen LogP contribution is -2.32. The van der Waals surface area contributed by atoms with Gasteiger partial charge in [0.2, 0.25) is 0 Å². The van der Waals surface area contributed by atoms with Crippen LogP contribution in [0.4, 0.5) is 11.6 Å². The van der Waals surface area contributed by atoms with Crippen molar-refractivity contribution >= 4 is 35.5 Å². The van der Waals surface area contributed by atoms with Gasteiger partial charge >= 0.3 is 0 Å². The van der Waals surface area contributed by atoms with E-state index in [-0.39, 0.29) is 22.7 Å². The lowest BCUT2D eigenvalue weighted by molar-refractivity contribution is 0.0974. The van der Waals surface area contributed by atoms with Crippen LogP contribution in [0.25, 0.3) is 0 Å². The summed E-state index contributed by atoms with van der Waals surface area (Å²) in [5, 5.41) is 5.56. The van der Waals surface area contributed by atoms with Crippen molar-refractivity contribution in [2.75, 3.05) is 17.2 Å². The molecule has 0 aliphatic carbocycles. The second-order valence-corrected chi connectivity index (χ2v) is 4.56. The number of aromatic nitrogens is 2. The van der Waals surface area contributed by atoms with Gasteiger partial charge in [-0.1, -0.05) is 11.6 Å². The fourth-order valence-corrected chi connectivity index (χ4v) is 1.93. The van der Waals surface area contributed by atoms with Crippen molar-refractivity contribution in [2.45, 2.75) is 26.8 Å². The molecule has 1 heterocycles. The van der Waals surface area contributed by atoms with Crippen LogP contribution in [-0.4, -0.2) is 34.8 Å². The fourth-order valence-electron chi connectivity index (χ4n) is 1.69. The van der Waals surface area contributed by atoms with Crippen LogP contribution < -0.4 is 21.8 Å². The number of carbonyl (C=O) groups excluding carboxylic acids is 1. The predicted octanol–water partition coefficient (Wildman–Crippen LogP) is 0.579. The standard InChI is InChI=1S/C11H18ClN7O/c1-4-19(6(2)3)10-8(12)17-7(9(13)18-10)11(20)15-5-16-14/h5-6H,4,14H2,1-3H3,(H2,13,18)(H,15,16,20). The van der Waals surface area contributed by atoms with Gasteiger partial charge in [0.25, 0.3) is 5.91 Å². The first kappa shape index (κ1) is 16.0. The number of hydrazone groups is 1. The van der Waals surface area contributed by atoms with Gasteiger partial charge in [0.15, 0.2) is 22.5 Å². The van der Waals surface area contributed by atoms with Gasteiger partial charge in [0.1, 0.15) is 6.34 Å². The Balaban J connectivity index is 3.17. The van der Waals surface area contributed by atoms with Crippen LogP contribution in [0.15, 0.2) is 5.10 Å². The molecule has 9 heteroatoms. The van der Waals surface area contributed by atoms with Crippen LogP contribution in [0, 0.1) is 0 Å². The summed E-state index contributed by atoms with van der Waals surface area (Å²) in [7, 11) is 0. The van der Waals surface area contributed by atoms with E-state index in [1.54, 1.807) is 0 Å². The highest BCUT2D eigenvalue weighted by Gasteiger charge is 2.20. The van der Waals surface area contributed by atoms with Crippen LogP contribution in [0.5, 0.6) is 0 Å². The minimum atomic E-state index is -0.578. The first-order valence-corrected chi connectivity index (χ1v) is 6.42. The summed E-state index contributed by atoms with van der Waals surface area (Å²) in [6.45, 7) is 6.65. The van der Waals surface area contributed by atoms with Crippen molar-refractivity contribution in [3.63, 3.8) is 0 Å². The molecule has 0 atom stereocenters. The van der Waals surface area contributed by atoms with Gasteiger partial charge < -0.3 is 21.8 Å².